The Morgan fingerprint density at radius 3 is 2.62 bits per heavy atom. The van der Waals surface area contributed by atoms with Gasteiger partial charge in [0.25, 0.3) is 0 Å². The quantitative estimate of drug-likeness (QED) is 0.880. The van der Waals surface area contributed by atoms with Crippen LogP contribution in [0.5, 0.6) is 0 Å². The van der Waals surface area contributed by atoms with Gasteiger partial charge in [-0.05, 0) is 74.3 Å². The highest BCUT2D eigenvalue weighted by atomic mass is 32.2. The molecular weight excluding hydrogens is 320 g/mol. The van der Waals surface area contributed by atoms with Crippen LogP contribution < -0.4 is 10.6 Å². The van der Waals surface area contributed by atoms with Crippen LogP contribution >= 0.6 is 0 Å². The summed E-state index contributed by atoms with van der Waals surface area (Å²) in [5.41, 5.74) is 3.20. The van der Waals surface area contributed by atoms with Gasteiger partial charge in [0, 0.05) is 17.6 Å². The van der Waals surface area contributed by atoms with Crippen molar-refractivity contribution in [2.45, 2.75) is 41.5 Å². The van der Waals surface area contributed by atoms with E-state index in [1.54, 1.807) is 24.3 Å². The van der Waals surface area contributed by atoms with Crippen molar-refractivity contribution in [3.05, 3.63) is 53.6 Å². The third-order valence-corrected chi connectivity index (χ3v) is 6.87. The number of sulfone groups is 1. The summed E-state index contributed by atoms with van der Waals surface area (Å²) in [6, 6.07) is 13.1. The van der Waals surface area contributed by atoms with E-state index in [2.05, 4.69) is 10.6 Å². The minimum absolute atomic E-state index is 0.368. The summed E-state index contributed by atoms with van der Waals surface area (Å²) in [5.74, 6) is 0.391. The van der Waals surface area contributed by atoms with Crippen LogP contribution in [0.3, 0.4) is 0 Å². The summed E-state index contributed by atoms with van der Waals surface area (Å²) in [4.78, 5) is 0.763. The molecule has 1 unspecified atom stereocenters. The first-order valence-corrected chi connectivity index (χ1v) is 9.97. The molecular formula is C19H22N2O2S. The maximum Gasteiger partial charge on any atom is 0.206 e. The van der Waals surface area contributed by atoms with Gasteiger partial charge in [-0.1, -0.05) is 12.1 Å². The Morgan fingerprint density at radius 2 is 1.79 bits per heavy atom. The second kappa shape index (κ2) is 5.90. The van der Waals surface area contributed by atoms with E-state index in [0.29, 0.717) is 21.8 Å². The highest BCUT2D eigenvalue weighted by Gasteiger charge is 2.34. The van der Waals surface area contributed by atoms with Gasteiger partial charge < -0.3 is 10.6 Å². The molecule has 0 radical (unpaired) electrons. The molecule has 0 amide bonds. The normalized spacial score (nSPS) is 23.0. The van der Waals surface area contributed by atoms with Crippen LogP contribution in [0.25, 0.3) is 0 Å². The molecule has 0 aliphatic carbocycles. The molecule has 4 rings (SSSR count). The topological polar surface area (TPSA) is 58.2 Å². The Labute approximate surface area is 143 Å². The molecule has 0 aromatic heterocycles. The Hall–Kier alpha value is -1.85. The fourth-order valence-corrected chi connectivity index (χ4v) is 5.25. The second-order valence-electron chi connectivity index (χ2n) is 6.75. The van der Waals surface area contributed by atoms with E-state index in [-0.39, 0.29) is 0 Å². The number of nitrogens with one attached hydrogen (secondary N) is 2. The molecule has 2 aliphatic rings. The van der Waals surface area contributed by atoms with Crippen LogP contribution in [0, 0.1) is 6.92 Å². The molecule has 126 valence electrons. The van der Waals surface area contributed by atoms with Gasteiger partial charge in [-0.15, -0.1) is 0 Å². The molecule has 4 nitrogen and oxygen atoms in total. The lowest BCUT2D eigenvalue weighted by Crippen LogP contribution is -2.21. The SMILES string of the molecule is Cc1cccc(S(=O)(=O)c2ccc3c(c2)[C@@H]2CCNCCC2N3)c1. The van der Waals surface area contributed by atoms with E-state index in [9.17, 15) is 8.42 Å². The molecule has 5 heteroatoms. The zero-order chi connectivity index (χ0) is 16.7. The Kier molecular flexibility index (Phi) is 3.85. The highest BCUT2D eigenvalue weighted by molar-refractivity contribution is 7.91. The van der Waals surface area contributed by atoms with Crippen LogP contribution in [0.2, 0.25) is 0 Å². The molecule has 2 heterocycles. The summed E-state index contributed by atoms with van der Waals surface area (Å²) in [6.45, 7) is 3.91. The molecule has 1 saturated heterocycles. The summed E-state index contributed by atoms with van der Waals surface area (Å²) in [7, 11) is -3.47. The molecule has 1 fully saturated rings. The highest BCUT2D eigenvalue weighted by Crippen LogP contribution is 2.41. The van der Waals surface area contributed by atoms with Gasteiger partial charge in [-0.25, -0.2) is 8.42 Å². The fourth-order valence-electron chi connectivity index (χ4n) is 3.85. The lowest BCUT2D eigenvalue weighted by Gasteiger charge is -2.16. The average Bonchev–Trinajstić information content (AvgIpc) is 2.75. The van der Waals surface area contributed by atoms with E-state index in [1.165, 1.54) is 0 Å². The molecule has 0 saturated carbocycles. The zero-order valence-corrected chi connectivity index (χ0v) is 14.6. The van der Waals surface area contributed by atoms with Gasteiger partial charge in [0.15, 0.2) is 0 Å². The minimum atomic E-state index is -3.47. The fraction of sp³-hybridized carbons (Fsp3) is 0.368. The predicted molar refractivity (Wildman–Crippen MR) is 95.3 cm³/mol. The molecule has 2 N–H and O–H groups in total. The largest absolute Gasteiger partial charge is 0.381 e. The lowest BCUT2D eigenvalue weighted by molar-refractivity contribution is 0.576. The number of aryl methyl sites for hydroxylation is 1. The first-order chi connectivity index (χ1) is 11.6. The van der Waals surface area contributed by atoms with Gasteiger partial charge in [0.1, 0.15) is 0 Å². The van der Waals surface area contributed by atoms with Crippen molar-refractivity contribution in [1.29, 1.82) is 0 Å². The van der Waals surface area contributed by atoms with Gasteiger partial charge in [0.05, 0.1) is 9.79 Å². The van der Waals surface area contributed by atoms with Crippen LogP contribution in [0.4, 0.5) is 5.69 Å². The second-order valence-corrected chi connectivity index (χ2v) is 8.70. The Morgan fingerprint density at radius 1 is 1.00 bits per heavy atom. The summed E-state index contributed by atoms with van der Waals surface area (Å²) >= 11 is 0. The maximum absolute atomic E-state index is 13.0. The van der Waals surface area contributed by atoms with Crippen LogP contribution in [-0.4, -0.2) is 27.5 Å². The number of fused-ring (bicyclic) bond motifs is 3. The van der Waals surface area contributed by atoms with E-state index in [1.807, 2.05) is 25.1 Å². The molecule has 0 spiro atoms. The van der Waals surface area contributed by atoms with Crippen LogP contribution in [-0.2, 0) is 9.84 Å². The van der Waals surface area contributed by atoms with E-state index < -0.39 is 9.84 Å². The van der Waals surface area contributed by atoms with Gasteiger partial charge in [-0.3, -0.25) is 0 Å². The standard InChI is InChI=1S/C19H22N2O2S/c1-13-3-2-4-14(11-13)24(22,23)15-5-6-18-17(12-15)16-7-9-20-10-8-19(16)21-18/h2-6,11-12,16,19-21H,7-10H2,1H3/t16-,19?/m0/s1. The van der Waals surface area contributed by atoms with E-state index in [0.717, 1.165) is 42.7 Å². The van der Waals surface area contributed by atoms with Crippen molar-refractivity contribution >= 4 is 15.5 Å². The molecule has 2 atom stereocenters. The first-order valence-electron chi connectivity index (χ1n) is 8.49. The molecule has 2 aliphatic heterocycles. The van der Waals surface area contributed by atoms with Crippen molar-refractivity contribution in [2.24, 2.45) is 0 Å². The molecule has 0 bridgehead atoms. The van der Waals surface area contributed by atoms with Crippen LogP contribution in [0.1, 0.15) is 29.9 Å². The van der Waals surface area contributed by atoms with Crippen molar-refractivity contribution in [3.8, 4) is 0 Å². The third kappa shape index (κ3) is 2.62. The minimum Gasteiger partial charge on any atom is -0.381 e. The average molecular weight is 342 g/mol. The van der Waals surface area contributed by atoms with Crippen molar-refractivity contribution in [3.63, 3.8) is 0 Å². The lowest BCUT2D eigenvalue weighted by atomic mass is 9.91. The molecule has 2 aromatic carbocycles. The number of hydrogen-bond donors (Lipinski definition) is 2. The summed E-state index contributed by atoms with van der Waals surface area (Å²) < 4.78 is 26.0. The zero-order valence-electron chi connectivity index (χ0n) is 13.7. The number of benzene rings is 2. The van der Waals surface area contributed by atoms with Gasteiger partial charge in [-0.2, -0.15) is 0 Å². The van der Waals surface area contributed by atoms with Crippen molar-refractivity contribution in [2.75, 3.05) is 18.4 Å². The number of rotatable bonds is 2. The summed E-state index contributed by atoms with van der Waals surface area (Å²) in [5, 5.41) is 6.99. The molecule has 24 heavy (non-hydrogen) atoms. The van der Waals surface area contributed by atoms with Gasteiger partial charge in [0.2, 0.25) is 9.84 Å². The number of anilines is 1. The van der Waals surface area contributed by atoms with Crippen LogP contribution in [0.15, 0.2) is 52.3 Å². The van der Waals surface area contributed by atoms with Crippen molar-refractivity contribution < 1.29 is 8.42 Å². The first kappa shape index (κ1) is 15.7. The molecule has 2 aromatic rings. The third-order valence-electron chi connectivity index (χ3n) is 5.12. The van der Waals surface area contributed by atoms with Crippen molar-refractivity contribution in [1.82, 2.24) is 5.32 Å². The smallest absolute Gasteiger partial charge is 0.206 e. The Bertz CT molecular complexity index is 877. The van der Waals surface area contributed by atoms with E-state index in [4.69, 9.17) is 0 Å². The van der Waals surface area contributed by atoms with E-state index >= 15 is 0 Å². The maximum atomic E-state index is 13.0. The predicted octanol–water partition coefficient (Wildman–Crippen LogP) is 3.09. The van der Waals surface area contributed by atoms with Gasteiger partial charge >= 0.3 is 0 Å². The Balaban J connectivity index is 1.75. The monoisotopic (exact) mass is 342 g/mol. The number of hydrogen-bond acceptors (Lipinski definition) is 4. The summed E-state index contributed by atoms with van der Waals surface area (Å²) in [6.07, 6.45) is 2.11.